The third-order valence-electron chi connectivity index (χ3n) is 6.76. The van der Waals surface area contributed by atoms with E-state index in [4.69, 9.17) is 0 Å². The number of nitrogens with zero attached hydrogens (tertiary/aromatic N) is 3. The van der Waals surface area contributed by atoms with Crippen LogP contribution in [0.2, 0.25) is 0 Å². The number of hydrogen-bond donors (Lipinski definition) is 1. The zero-order valence-corrected chi connectivity index (χ0v) is 14.9. The molecule has 3 heterocycles. The van der Waals surface area contributed by atoms with Crippen molar-refractivity contribution in [3.8, 4) is 0 Å². The van der Waals surface area contributed by atoms with Crippen molar-refractivity contribution in [2.24, 2.45) is 11.3 Å². The fourth-order valence-electron chi connectivity index (χ4n) is 5.19. The van der Waals surface area contributed by atoms with Crippen LogP contribution in [-0.2, 0) is 6.18 Å². The Hall–Kier alpha value is -1.34. The van der Waals surface area contributed by atoms with Gasteiger partial charge in [-0.25, -0.2) is 4.98 Å². The van der Waals surface area contributed by atoms with Crippen molar-refractivity contribution in [1.29, 1.82) is 0 Å². The average Bonchev–Trinajstić information content (AvgIpc) is 3.19. The van der Waals surface area contributed by atoms with Gasteiger partial charge in [-0.05, 0) is 43.7 Å². The van der Waals surface area contributed by atoms with Gasteiger partial charge in [0.05, 0.1) is 12.2 Å². The smallest absolute Gasteiger partial charge is 0.396 e. The first-order chi connectivity index (χ1) is 12.4. The lowest BCUT2D eigenvalue weighted by atomic mass is 9.82. The van der Waals surface area contributed by atoms with Gasteiger partial charge >= 0.3 is 6.18 Å². The summed E-state index contributed by atoms with van der Waals surface area (Å²) in [5.74, 6) is 1.25. The van der Waals surface area contributed by atoms with E-state index in [0.29, 0.717) is 24.4 Å². The lowest BCUT2D eigenvalue weighted by Crippen LogP contribution is -2.45. The highest BCUT2D eigenvalue weighted by atomic mass is 19.4. The molecular formula is C19H26F3N3O. The summed E-state index contributed by atoms with van der Waals surface area (Å²) in [6.07, 6.45) is 2.18. The minimum Gasteiger partial charge on any atom is -0.396 e. The van der Waals surface area contributed by atoms with Gasteiger partial charge in [0.25, 0.3) is 0 Å². The number of hydrogen-bond acceptors (Lipinski definition) is 4. The van der Waals surface area contributed by atoms with Crippen molar-refractivity contribution in [3.63, 3.8) is 0 Å². The number of aliphatic hydroxyl groups excluding tert-OH is 1. The first kappa shape index (κ1) is 18.0. The summed E-state index contributed by atoms with van der Waals surface area (Å²) in [4.78, 5) is 8.65. The molecule has 0 aromatic carbocycles. The van der Waals surface area contributed by atoms with Crippen LogP contribution in [0.25, 0.3) is 0 Å². The molecule has 2 aliphatic heterocycles. The Labute approximate surface area is 152 Å². The Morgan fingerprint density at radius 1 is 1.19 bits per heavy atom. The van der Waals surface area contributed by atoms with Crippen LogP contribution in [-0.4, -0.2) is 53.8 Å². The van der Waals surface area contributed by atoms with Gasteiger partial charge in [0.15, 0.2) is 0 Å². The number of aliphatic hydroxyl groups is 1. The number of likely N-dealkylation sites (tertiary alicyclic amines) is 1. The maximum absolute atomic E-state index is 12.7. The summed E-state index contributed by atoms with van der Waals surface area (Å²) >= 11 is 0. The quantitative estimate of drug-likeness (QED) is 0.889. The van der Waals surface area contributed by atoms with E-state index >= 15 is 0 Å². The fourth-order valence-corrected chi connectivity index (χ4v) is 5.19. The molecule has 2 atom stereocenters. The van der Waals surface area contributed by atoms with E-state index < -0.39 is 11.7 Å². The monoisotopic (exact) mass is 369 g/mol. The highest BCUT2D eigenvalue weighted by molar-refractivity contribution is 5.40. The Morgan fingerprint density at radius 3 is 2.54 bits per heavy atom. The molecule has 0 unspecified atom stereocenters. The van der Waals surface area contributed by atoms with E-state index in [1.165, 1.54) is 18.9 Å². The molecule has 3 fully saturated rings. The van der Waals surface area contributed by atoms with Crippen molar-refractivity contribution < 1.29 is 18.3 Å². The SMILES string of the molecule is OC[C@]12CCC[C@H]1CN(C1CCN(c3ccc(C(F)(F)F)cn3)CC1)C2. The van der Waals surface area contributed by atoms with Crippen molar-refractivity contribution in [2.45, 2.75) is 44.3 Å². The standard InChI is InChI=1S/C19H26F3N3O/c20-19(21,22)14-3-4-17(23-10-14)24-8-5-16(6-9-24)25-11-15-2-1-7-18(15,12-25)13-26/h3-4,10,15-16,26H,1-2,5-9,11-13H2/t15-,18+/m0/s1. The van der Waals surface area contributed by atoms with Gasteiger partial charge in [-0.2, -0.15) is 13.2 Å². The van der Waals surface area contributed by atoms with E-state index in [-0.39, 0.29) is 5.41 Å². The fraction of sp³-hybridized carbons (Fsp3) is 0.737. The molecule has 1 saturated carbocycles. The van der Waals surface area contributed by atoms with Crippen LogP contribution in [0.3, 0.4) is 0 Å². The van der Waals surface area contributed by atoms with Gasteiger partial charge < -0.3 is 10.0 Å². The molecule has 4 rings (SSSR count). The number of halogens is 3. The molecule has 1 aromatic heterocycles. The molecule has 4 nitrogen and oxygen atoms in total. The van der Waals surface area contributed by atoms with Gasteiger partial charge in [-0.15, -0.1) is 0 Å². The summed E-state index contributed by atoms with van der Waals surface area (Å²) in [5, 5.41) is 9.89. The van der Waals surface area contributed by atoms with Gasteiger partial charge in [-0.3, -0.25) is 4.90 Å². The number of aromatic nitrogens is 1. The van der Waals surface area contributed by atoms with Gasteiger partial charge in [0, 0.05) is 43.8 Å². The van der Waals surface area contributed by atoms with Crippen LogP contribution in [0, 0.1) is 11.3 Å². The predicted octanol–water partition coefficient (Wildman–Crippen LogP) is 3.16. The van der Waals surface area contributed by atoms with E-state index in [2.05, 4.69) is 14.8 Å². The Balaban J connectivity index is 1.35. The number of anilines is 1. The molecule has 7 heteroatoms. The topological polar surface area (TPSA) is 39.6 Å². The van der Waals surface area contributed by atoms with E-state index in [9.17, 15) is 18.3 Å². The minimum absolute atomic E-state index is 0.117. The highest BCUT2D eigenvalue weighted by Crippen LogP contribution is 2.49. The lowest BCUT2D eigenvalue weighted by Gasteiger charge is -2.38. The molecular weight excluding hydrogens is 343 g/mol. The number of pyridine rings is 1. The number of alkyl halides is 3. The van der Waals surface area contributed by atoms with Crippen LogP contribution in [0.5, 0.6) is 0 Å². The highest BCUT2D eigenvalue weighted by Gasteiger charge is 2.50. The maximum atomic E-state index is 12.7. The average molecular weight is 369 g/mol. The van der Waals surface area contributed by atoms with Crippen molar-refractivity contribution in [2.75, 3.05) is 37.7 Å². The summed E-state index contributed by atoms with van der Waals surface area (Å²) in [6.45, 7) is 4.01. The molecule has 3 aliphatic rings. The molecule has 1 N–H and O–H groups in total. The summed E-state index contributed by atoms with van der Waals surface area (Å²) < 4.78 is 38.0. The Bertz CT molecular complexity index is 628. The lowest BCUT2D eigenvalue weighted by molar-refractivity contribution is -0.137. The Kier molecular flexibility index (Phi) is 4.63. The number of fused-ring (bicyclic) bond motifs is 1. The summed E-state index contributed by atoms with van der Waals surface area (Å²) in [7, 11) is 0. The molecule has 0 bridgehead atoms. The van der Waals surface area contributed by atoms with Crippen LogP contribution in [0.15, 0.2) is 18.3 Å². The third-order valence-corrected chi connectivity index (χ3v) is 6.76. The summed E-state index contributed by atoms with van der Waals surface area (Å²) in [5.41, 5.74) is -0.583. The van der Waals surface area contributed by atoms with Gasteiger partial charge in [0.1, 0.15) is 5.82 Å². The molecule has 0 radical (unpaired) electrons. The van der Waals surface area contributed by atoms with Gasteiger partial charge in [-0.1, -0.05) is 6.42 Å². The van der Waals surface area contributed by atoms with Crippen molar-refractivity contribution >= 4 is 5.82 Å². The van der Waals surface area contributed by atoms with E-state index in [0.717, 1.165) is 57.7 Å². The van der Waals surface area contributed by atoms with E-state index in [1.807, 2.05) is 0 Å². The minimum atomic E-state index is -4.34. The van der Waals surface area contributed by atoms with E-state index in [1.54, 1.807) is 0 Å². The Morgan fingerprint density at radius 2 is 1.96 bits per heavy atom. The molecule has 0 spiro atoms. The molecule has 1 aliphatic carbocycles. The maximum Gasteiger partial charge on any atom is 0.417 e. The first-order valence-corrected chi connectivity index (χ1v) is 9.54. The summed E-state index contributed by atoms with van der Waals surface area (Å²) in [6, 6.07) is 3.10. The predicted molar refractivity (Wildman–Crippen MR) is 92.9 cm³/mol. The van der Waals surface area contributed by atoms with Crippen LogP contribution >= 0.6 is 0 Å². The van der Waals surface area contributed by atoms with Crippen LogP contribution in [0.4, 0.5) is 19.0 Å². The molecule has 1 aromatic rings. The van der Waals surface area contributed by atoms with Crippen LogP contribution in [0.1, 0.15) is 37.7 Å². The molecule has 144 valence electrons. The zero-order valence-electron chi connectivity index (χ0n) is 14.9. The second-order valence-corrected chi connectivity index (χ2v) is 8.16. The zero-order chi connectivity index (χ0) is 18.4. The van der Waals surface area contributed by atoms with Crippen LogP contribution < -0.4 is 4.90 Å². The second-order valence-electron chi connectivity index (χ2n) is 8.16. The van der Waals surface area contributed by atoms with Gasteiger partial charge in [0.2, 0.25) is 0 Å². The number of piperidine rings is 1. The second kappa shape index (κ2) is 6.68. The normalized spacial score (nSPS) is 30.8. The van der Waals surface area contributed by atoms with Crippen molar-refractivity contribution in [1.82, 2.24) is 9.88 Å². The number of rotatable bonds is 3. The largest absolute Gasteiger partial charge is 0.417 e. The molecule has 26 heavy (non-hydrogen) atoms. The third kappa shape index (κ3) is 3.20. The molecule has 2 saturated heterocycles. The first-order valence-electron chi connectivity index (χ1n) is 9.54. The molecule has 0 amide bonds. The van der Waals surface area contributed by atoms with Crippen molar-refractivity contribution in [3.05, 3.63) is 23.9 Å².